The summed E-state index contributed by atoms with van der Waals surface area (Å²) < 4.78 is 13.5. The molecule has 146 valence electrons. The number of halogens is 1. The molecule has 8 heteroatoms. The Balaban J connectivity index is 1.58. The lowest BCUT2D eigenvalue weighted by atomic mass is 10.1. The number of benzene rings is 2. The number of nitrogens with zero attached hydrogens (tertiary/aromatic N) is 3. The van der Waals surface area contributed by atoms with Gasteiger partial charge < -0.3 is 15.7 Å². The number of aliphatic imine (C=N–C) groups is 1. The number of hydrogen-bond donors (Lipinski definition) is 2. The van der Waals surface area contributed by atoms with Gasteiger partial charge in [-0.1, -0.05) is 0 Å². The minimum Gasteiger partial charge on any atom is -0.339 e. The molecule has 0 bridgehead atoms. The fraction of sp³-hybridized carbons (Fsp3) is 0.143. The van der Waals surface area contributed by atoms with Crippen LogP contribution in [0.25, 0.3) is 10.9 Å². The van der Waals surface area contributed by atoms with Crippen LogP contribution in [0.15, 0.2) is 63.4 Å². The molecule has 1 amide bonds. The molecule has 4 rings (SSSR count). The maximum atomic E-state index is 13.5. The monoisotopic (exact) mass is 391 g/mol. The Bertz CT molecular complexity index is 1190. The van der Waals surface area contributed by atoms with Crippen LogP contribution in [0.4, 0.5) is 10.1 Å². The summed E-state index contributed by atoms with van der Waals surface area (Å²) in [6, 6.07) is 12.4. The number of hydrazone groups is 1. The number of hydrogen-bond acceptors (Lipinski definition) is 5. The summed E-state index contributed by atoms with van der Waals surface area (Å²) in [5, 5.41) is 4.16. The van der Waals surface area contributed by atoms with Crippen molar-refractivity contribution in [2.45, 2.75) is 6.42 Å². The van der Waals surface area contributed by atoms with Gasteiger partial charge in [-0.05, 0) is 55.0 Å². The minimum absolute atomic E-state index is 0.00548. The first-order valence-corrected chi connectivity index (χ1v) is 9.09. The fourth-order valence-corrected chi connectivity index (χ4v) is 3.07. The van der Waals surface area contributed by atoms with Gasteiger partial charge in [0, 0.05) is 29.6 Å². The van der Waals surface area contributed by atoms with Crippen molar-refractivity contribution >= 4 is 34.4 Å². The number of pyridine rings is 1. The van der Waals surface area contributed by atoms with Crippen molar-refractivity contribution in [3.8, 4) is 0 Å². The Kier molecular flexibility index (Phi) is 4.90. The first kappa shape index (κ1) is 18.5. The molecule has 1 aromatic heterocycles. The summed E-state index contributed by atoms with van der Waals surface area (Å²) in [6.45, 7) is 1.58. The molecular formula is C21H18FN5O2. The molecule has 1 fully saturated rings. The normalized spacial score (nSPS) is 14.4. The Morgan fingerprint density at radius 1 is 1.14 bits per heavy atom. The van der Waals surface area contributed by atoms with Crippen molar-refractivity contribution in [2.75, 3.05) is 13.1 Å². The largest absolute Gasteiger partial charge is 0.339 e. The summed E-state index contributed by atoms with van der Waals surface area (Å²) in [6.07, 6.45) is 2.40. The van der Waals surface area contributed by atoms with Crippen LogP contribution in [-0.2, 0) is 0 Å². The highest BCUT2D eigenvalue weighted by molar-refractivity contribution is 6.38. The van der Waals surface area contributed by atoms with Crippen molar-refractivity contribution in [3.05, 3.63) is 75.8 Å². The molecule has 1 aliphatic heterocycles. The van der Waals surface area contributed by atoms with Gasteiger partial charge in [0.1, 0.15) is 11.5 Å². The standard InChI is InChI=1S/C21H18FN5O2/c22-15-4-7-18-14(10-15)11-17(20(28)25-18)19(26-23)12-24-16-5-2-13(3-6-16)21(29)27-8-1-9-27/h2-7,10-12H,1,8-9,23H2,(H,25,28). The van der Waals surface area contributed by atoms with Gasteiger partial charge in [-0.25, -0.2) is 4.39 Å². The third-order valence-corrected chi connectivity index (χ3v) is 4.81. The average molecular weight is 391 g/mol. The third-order valence-electron chi connectivity index (χ3n) is 4.81. The molecule has 3 aromatic rings. The second-order valence-corrected chi connectivity index (χ2v) is 6.71. The van der Waals surface area contributed by atoms with E-state index in [1.54, 1.807) is 29.2 Å². The first-order chi connectivity index (χ1) is 14.0. The average Bonchev–Trinajstić information content (AvgIpc) is 2.68. The van der Waals surface area contributed by atoms with E-state index in [2.05, 4.69) is 15.1 Å². The summed E-state index contributed by atoms with van der Waals surface area (Å²) in [7, 11) is 0. The van der Waals surface area contributed by atoms with Crippen LogP contribution in [0.1, 0.15) is 22.3 Å². The Morgan fingerprint density at radius 3 is 2.55 bits per heavy atom. The highest BCUT2D eigenvalue weighted by Crippen LogP contribution is 2.17. The number of likely N-dealkylation sites (tertiary alicyclic amines) is 1. The van der Waals surface area contributed by atoms with Crippen molar-refractivity contribution in [2.24, 2.45) is 15.9 Å². The lowest BCUT2D eigenvalue weighted by Crippen LogP contribution is -2.41. The molecule has 1 aliphatic rings. The number of H-pyrrole nitrogens is 1. The van der Waals surface area contributed by atoms with Gasteiger partial charge in [0.25, 0.3) is 11.5 Å². The van der Waals surface area contributed by atoms with Crippen LogP contribution in [0.3, 0.4) is 0 Å². The molecule has 1 saturated heterocycles. The van der Waals surface area contributed by atoms with Crippen molar-refractivity contribution in [1.82, 2.24) is 9.88 Å². The van der Waals surface area contributed by atoms with E-state index < -0.39 is 11.4 Å². The Hall–Kier alpha value is -3.81. The molecule has 7 nitrogen and oxygen atoms in total. The summed E-state index contributed by atoms with van der Waals surface area (Å²) in [4.78, 5) is 33.3. The van der Waals surface area contributed by atoms with E-state index in [1.807, 2.05) is 0 Å². The van der Waals surface area contributed by atoms with E-state index in [9.17, 15) is 14.0 Å². The van der Waals surface area contributed by atoms with Crippen LogP contribution >= 0.6 is 0 Å². The van der Waals surface area contributed by atoms with E-state index in [-0.39, 0.29) is 17.2 Å². The number of aromatic nitrogens is 1. The Labute approximate surface area is 165 Å². The number of rotatable bonds is 4. The second-order valence-electron chi connectivity index (χ2n) is 6.71. The molecule has 0 atom stereocenters. The van der Waals surface area contributed by atoms with Gasteiger partial charge >= 0.3 is 0 Å². The summed E-state index contributed by atoms with van der Waals surface area (Å²) in [5.74, 6) is 5.04. The highest BCUT2D eigenvalue weighted by atomic mass is 19.1. The van der Waals surface area contributed by atoms with Gasteiger partial charge in [-0.2, -0.15) is 5.10 Å². The van der Waals surface area contributed by atoms with Crippen LogP contribution in [-0.4, -0.2) is 40.8 Å². The molecule has 2 heterocycles. The van der Waals surface area contributed by atoms with E-state index in [0.29, 0.717) is 22.2 Å². The minimum atomic E-state index is -0.414. The lowest BCUT2D eigenvalue weighted by Gasteiger charge is -2.30. The predicted octanol–water partition coefficient (Wildman–Crippen LogP) is 2.58. The lowest BCUT2D eigenvalue weighted by molar-refractivity contribution is 0.0652. The van der Waals surface area contributed by atoms with E-state index in [1.165, 1.54) is 30.5 Å². The van der Waals surface area contributed by atoms with E-state index in [0.717, 1.165) is 19.5 Å². The predicted molar refractivity (Wildman–Crippen MR) is 110 cm³/mol. The smallest absolute Gasteiger partial charge is 0.258 e. The summed E-state index contributed by atoms with van der Waals surface area (Å²) >= 11 is 0. The zero-order valence-electron chi connectivity index (χ0n) is 15.4. The molecule has 0 saturated carbocycles. The van der Waals surface area contributed by atoms with Crippen LogP contribution in [0, 0.1) is 5.82 Å². The van der Waals surface area contributed by atoms with Crippen molar-refractivity contribution in [3.63, 3.8) is 0 Å². The van der Waals surface area contributed by atoms with Crippen LogP contribution in [0.2, 0.25) is 0 Å². The number of fused-ring (bicyclic) bond motifs is 1. The second kappa shape index (κ2) is 7.67. The molecule has 3 N–H and O–H groups in total. The number of nitrogens with one attached hydrogen (secondary N) is 1. The molecule has 29 heavy (non-hydrogen) atoms. The number of nitrogens with two attached hydrogens (primary N) is 1. The molecule has 0 radical (unpaired) electrons. The zero-order chi connectivity index (χ0) is 20.4. The SMILES string of the molecule is NN=C(C=Nc1ccc(C(=O)N2CCC2)cc1)c1cc2cc(F)ccc2[nH]c1=O. The fourth-order valence-electron chi connectivity index (χ4n) is 3.07. The van der Waals surface area contributed by atoms with Gasteiger partial charge in [-0.3, -0.25) is 14.6 Å². The number of carbonyl (C=O) groups excluding carboxylic acids is 1. The van der Waals surface area contributed by atoms with Gasteiger partial charge in [0.2, 0.25) is 0 Å². The summed E-state index contributed by atoms with van der Waals surface area (Å²) in [5.41, 5.74) is 1.61. The first-order valence-electron chi connectivity index (χ1n) is 9.09. The molecular weight excluding hydrogens is 373 g/mol. The molecule has 0 spiro atoms. The van der Waals surface area contributed by atoms with E-state index in [4.69, 9.17) is 5.84 Å². The topological polar surface area (TPSA) is 104 Å². The van der Waals surface area contributed by atoms with E-state index >= 15 is 0 Å². The van der Waals surface area contributed by atoms with Crippen LogP contribution < -0.4 is 11.4 Å². The highest BCUT2D eigenvalue weighted by Gasteiger charge is 2.21. The molecule has 0 unspecified atom stereocenters. The quantitative estimate of drug-likeness (QED) is 0.406. The Morgan fingerprint density at radius 2 is 1.90 bits per heavy atom. The van der Waals surface area contributed by atoms with Crippen LogP contribution in [0.5, 0.6) is 0 Å². The van der Waals surface area contributed by atoms with Gasteiger partial charge in [0.05, 0.1) is 17.5 Å². The third kappa shape index (κ3) is 3.77. The van der Waals surface area contributed by atoms with Gasteiger partial charge in [-0.15, -0.1) is 0 Å². The molecule has 2 aromatic carbocycles. The number of carbonyl (C=O) groups is 1. The van der Waals surface area contributed by atoms with Gasteiger partial charge in [0.15, 0.2) is 0 Å². The van der Waals surface area contributed by atoms with Crippen molar-refractivity contribution < 1.29 is 9.18 Å². The number of amides is 1. The molecule has 0 aliphatic carbocycles. The number of aromatic amines is 1. The maximum Gasteiger partial charge on any atom is 0.258 e. The zero-order valence-corrected chi connectivity index (χ0v) is 15.4. The maximum absolute atomic E-state index is 13.5. The van der Waals surface area contributed by atoms with Crippen molar-refractivity contribution in [1.29, 1.82) is 0 Å².